The Labute approximate surface area is 204 Å². The average Bonchev–Trinajstić information content (AvgIpc) is 3.17. The van der Waals surface area contributed by atoms with Gasteiger partial charge < -0.3 is 15.5 Å². The lowest BCUT2D eigenvalue weighted by atomic mass is 9.84. The Morgan fingerprint density at radius 3 is 2.82 bits per heavy atom. The highest BCUT2D eigenvalue weighted by molar-refractivity contribution is 8.01. The molecule has 3 N–H and O–H groups in total. The molecule has 2 aliphatic rings. The lowest BCUT2D eigenvalue weighted by molar-refractivity contribution is -0.138. The summed E-state index contributed by atoms with van der Waals surface area (Å²) in [6, 6.07) is -0.267. The van der Waals surface area contributed by atoms with Crippen LogP contribution in [-0.2, 0) is 9.59 Å². The number of carbonyl (C=O) groups is 2. The molecule has 1 amide bonds. The van der Waals surface area contributed by atoms with Crippen LogP contribution in [0.4, 0.5) is 0 Å². The van der Waals surface area contributed by atoms with Gasteiger partial charge in [-0.25, -0.2) is 4.98 Å². The molecule has 6 nitrogen and oxygen atoms in total. The highest BCUT2D eigenvalue weighted by Gasteiger charge is 2.48. The van der Waals surface area contributed by atoms with Gasteiger partial charge in [0.05, 0.1) is 23.8 Å². The Morgan fingerprint density at radius 1 is 1.36 bits per heavy atom. The predicted octanol–water partition coefficient (Wildman–Crippen LogP) is 5.27. The first kappa shape index (κ1) is 25.7. The van der Waals surface area contributed by atoms with Gasteiger partial charge in [0.2, 0.25) is 5.91 Å². The number of fused-ring (bicyclic) bond motifs is 4. The standard InChI is InChI=1S/C25H34N2O4S2/c1-5-6-18-8-7-16(2)11-20-24(4,31)9-10-25(33-20,14-22(29)30)13-21(28)26-17(3)23-27-19(12-18)15-32-23/h7-8,12,15,17,20,31H,2,5-6,9-11,13-14H2,1,3-4H3,(H,26,28)(H,29,30)/b8-7-,18-12-/t17-,20-,24+,25+/m1/s1. The van der Waals surface area contributed by atoms with Crippen molar-refractivity contribution in [3.63, 3.8) is 0 Å². The number of thiazole rings is 1. The number of carboxylic acids is 1. The summed E-state index contributed by atoms with van der Waals surface area (Å²) < 4.78 is -0.773. The lowest BCUT2D eigenvalue weighted by Crippen LogP contribution is -2.49. The van der Waals surface area contributed by atoms with Crippen LogP contribution in [-0.4, -0.2) is 42.7 Å². The lowest BCUT2D eigenvalue weighted by Gasteiger charge is -2.47. The molecule has 33 heavy (non-hydrogen) atoms. The number of carbonyl (C=O) groups excluding carboxylic acids is 1. The van der Waals surface area contributed by atoms with E-state index in [1.807, 2.05) is 18.4 Å². The van der Waals surface area contributed by atoms with Gasteiger partial charge in [-0.05, 0) is 51.2 Å². The van der Waals surface area contributed by atoms with Crippen molar-refractivity contribution in [3.05, 3.63) is 46.0 Å². The molecule has 1 fully saturated rings. The van der Waals surface area contributed by atoms with Gasteiger partial charge in [0.1, 0.15) is 5.01 Å². The minimum atomic E-state index is -0.962. The minimum Gasteiger partial charge on any atom is -0.481 e. The van der Waals surface area contributed by atoms with E-state index < -0.39 is 16.3 Å². The summed E-state index contributed by atoms with van der Waals surface area (Å²) in [5, 5.41) is 26.3. The van der Waals surface area contributed by atoms with E-state index in [0.29, 0.717) is 19.3 Å². The summed E-state index contributed by atoms with van der Waals surface area (Å²) in [5.41, 5.74) is 1.91. The summed E-state index contributed by atoms with van der Waals surface area (Å²) in [6.45, 7) is 10.0. The van der Waals surface area contributed by atoms with E-state index >= 15 is 0 Å². The fourth-order valence-electron chi connectivity index (χ4n) is 4.42. The normalized spacial score (nSPS) is 33.6. The zero-order valence-corrected chi connectivity index (χ0v) is 21.2. The van der Waals surface area contributed by atoms with Crippen LogP contribution in [0.25, 0.3) is 6.08 Å². The molecular weight excluding hydrogens is 456 g/mol. The molecule has 1 aromatic rings. The van der Waals surface area contributed by atoms with E-state index in [1.54, 1.807) is 6.92 Å². The molecule has 8 heteroatoms. The summed E-state index contributed by atoms with van der Waals surface area (Å²) in [7, 11) is 0. The number of hydrogen-bond donors (Lipinski definition) is 3. The molecule has 1 aromatic heterocycles. The number of hydrogen-bond acceptors (Lipinski definition) is 6. The van der Waals surface area contributed by atoms with Crippen molar-refractivity contribution < 1.29 is 19.8 Å². The molecule has 4 atom stereocenters. The van der Waals surface area contributed by atoms with Crippen molar-refractivity contribution in [2.24, 2.45) is 0 Å². The largest absolute Gasteiger partial charge is 0.481 e. The number of amides is 1. The van der Waals surface area contributed by atoms with E-state index in [2.05, 4.69) is 31.0 Å². The minimum absolute atomic E-state index is 0.0853. The van der Waals surface area contributed by atoms with Crippen LogP contribution in [0.5, 0.6) is 0 Å². The second-order valence-corrected chi connectivity index (χ2v) is 12.0. The molecule has 2 aliphatic heterocycles. The SMILES string of the molecule is C=C1/C=C\C(CCC)=C/c2csc(n2)[C@@H](C)NC(=O)C[C@]2(CC(=O)O)CC[C@](C)(O)[C@@H](C1)S2. The van der Waals surface area contributed by atoms with Crippen LogP contribution in [0, 0.1) is 0 Å². The number of rotatable bonds is 4. The molecule has 0 aliphatic carbocycles. The van der Waals surface area contributed by atoms with Gasteiger partial charge in [-0.3, -0.25) is 9.59 Å². The van der Waals surface area contributed by atoms with Crippen LogP contribution in [0.3, 0.4) is 0 Å². The Balaban J connectivity index is 2.00. The van der Waals surface area contributed by atoms with Crippen LogP contribution in [0.1, 0.15) is 82.5 Å². The van der Waals surface area contributed by atoms with Crippen molar-refractivity contribution >= 4 is 41.1 Å². The van der Waals surface area contributed by atoms with Crippen molar-refractivity contribution in [2.45, 2.75) is 87.4 Å². The number of thioether (sulfide) groups is 1. The number of carboxylic acid groups (broad SMARTS) is 1. The number of aliphatic hydroxyl groups is 1. The third-order valence-electron chi connectivity index (χ3n) is 6.27. The van der Waals surface area contributed by atoms with Gasteiger partial charge in [-0.15, -0.1) is 23.1 Å². The van der Waals surface area contributed by atoms with Crippen LogP contribution in [0.2, 0.25) is 0 Å². The maximum atomic E-state index is 13.0. The zero-order chi connectivity index (χ0) is 24.2. The van der Waals surface area contributed by atoms with E-state index in [1.165, 1.54) is 23.1 Å². The Morgan fingerprint density at radius 2 is 2.12 bits per heavy atom. The van der Waals surface area contributed by atoms with Crippen LogP contribution in [0.15, 0.2) is 35.3 Å². The smallest absolute Gasteiger partial charge is 0.304 e. The molecule has 0 saturated carbocycles. The zero-order valence-electron chi connectivity index (χ0n) is 19.6. The summed E-state index contributed by atoms with van der Waals surface area (Å²) in [5.74, 6) is -1.13. The average molecular weight is 491 g/mol. The van der Waals surface area contributed by atoms with Gasteiger partial charge in [0.15, 0.2) is 0 Å². The van der Waals surface area contributed by atoms with Crippen LogP contribution >= 0.6 is 23.1 Å². The molecule has 3 rings (SSSR count). The maximum Gasteiger partial charge on any atom is 0.304 e. The van der Waals surface area contributed by atoms with Crippen molar-refractivity contribution in [2.75, 3.05) is 0 Å². The molecule has 0 spiro atoms. The monoisotopic (exact) mass is 490 g/mol. The maximum absolute atomic E-state index is 13.0. The number of allylic oxidation sites excluding steroid dienone is 4. The number of nitrogens with zero attached hydrogens (tertiary/aromatic N) is 1. The summed E-state index contributed by atoms with van der Waals surface area (Å²) in [6.07, 6.45) is 9.40. The highest BCUT2D eigenvalue weighted by Crippen LogP contribution is 2.51. The Bertz CT molecular complexity index is 965. The molecule has 180 valence electrons. The molecule has 4 bridgehead atoms. The van der Waals surface area contributed by atoms with Gasteiger partial charge in [-0.2, -0.15) is 0 Å². The predicted molar refractivity (Wildman–Crippen MR) is 135 cm³/mol. The summed E-state index contributed by atoms with van der Waals surface area (Å²) in [4.78, 5) is 29.4. The van der Waals surface area contributed by atoms with Gasteiger partial charge in [0.25, 0.3) is 0 Å². The van der Waals surface area contributed by atoms with Gasteiger partial charge >= 0.3 is 5.97 Å². The number of aromatic nitrogens is 1. The molecular formula is C25H34N2O4S2. The summed E-state index contributed by atoms with van der Waals surface area (Å²) >= 11 is 2.94. The second kappa shape index (κ2) is 10.6. The number of nitrogens with one attached hydrogen (secondary N) is 1. The molecule has 0 unspecified atom stereocenters. The highest BCUT2D eigenvalue weighted by atomic mass is 32.2. The first-order valence-corrected chi connectivity index (χ1v) is 13.2. The van der Waals surface area contributed by atoms with Gasteiger partial charge in [-0.1, -0.05) is 37.6 Å². The van der Waals surface area contributed by atoms with Gasteiger partial charge in [0, 0.05) is 21.8 Å². The number of aliphatic carboxylic acids is 1. The fraction of sp³-hybridized carbons (Fsp3) is 0.560. The quantitative estimate of drug-likeness (QED) is 0.532. The van der Waals surface area contributed by atoms with Crippen LogP contribution < -0.4 is 5.32 Å². The molecule has 3 heterocycles. The van der Waals surface area contributed by atoms with E-state index in [0.717, 1.165) is 34.7 Å². The van der Waals surface area contributed by atoms with Crippen molar-refractivity contribution in [1.29, 1.82) is 0 Å². The van der Waals surface area contributed by atoms with E-state index in [-0.39, 0.29) is 30.0 Å². The molecule has 1 saturated heterocycles. The van der Waals surface area contributed by atoms with Crippen molar-refractivity contribution in [1.82, 2.24) is 10.3 Å². The molecule has 0 aromatic carbocycles. The fourth-order valence-corrected chi connectivity index (χ4v) is 7.11. The Hall–Kier alpha value is -1.90. The van der Waals surface area contributed by atoms with Crippen molar-refractivity contribution in [3.8, 4) is 0 Å². The third kappa shape index (κ3) is 6.80. The van der Waals surface area contributed by atoms with E-state index in [9.17, 15) is 19.8 Å². The first-order valence-electron chi connectivity index (χ1n) is 11.4. The third-order valence-corrected chi connectivity index (χ3v) is 9.27. The topological polar surface area (TPSA) is 99.5 Å². The second-order valence-electron chi connectivity index (χ2n) is 9.46. The Kier molecular flexibility index (Phi) is 8.24. The van der Waals surface area contributed by atoms with E-state index in [4.69, 9.17) is 4.98 Å². The molecule has 0 radical (unpaired) electrons. The first-order chi connectivity index (χ1) is 15.5.